The lowest BCUT2D eigenvalue weighted by atomic mass is 9.84. The van der Waals surface area contributed by atoms with E-state index in [9.17, 15) is 10.2 Å². The Bertz CT molecular complexity index is 2200. The summed E-state index contributed by atoms with van der Waals surface area (Å²) in [6.45, 7) is 0.283. The molecule has 8 rings (SSSR count). The zero-order chi connectivity index (χ0) is 29.6. The molecule has 8 aromatic rings. The van der Waals surface area contributed by atoms with Crippen LogP contribution in [0.4, 0.5) is 0 Å². The van der Waals surface area contributed by atoms with Crippen molar-refractivity contribution in [3.05, 3.63) is 121 Å². The van der Waals surface area contributed by atoms with E-state index >= 15 is 0 Å². The maximum absolute atomic E-state index is 9.73. The van der Waals surface area contributed by atoms with Crippen molar-refractivity contribution >= 4 is 64.6 Å². The Kier molecular flexibility index (Phi) is 6.52. The van der Waals surface area contributed by atoms with Crippen molar-refractivity contribution in [1.82, 2.24) is 0 Å². The first kappa shape index (κ1) is 26.5. The first-order valence-electron chi connectivity index (χ1n) is 15.0. The predicted molar refractivity (Wildman–Crippen MR) is 182 cm³/mol. The molecule has 0 atom stereocenters. The average Bonchev–Trinajstić information content (AvgIpc) is 3.07. The molecule has 0 radical (unpaired) electrons. The van der Waals surface area contributed by atoms with Crippen LogP contribution in [0.5, 0.6) is 11.5 Å². The molecule has 4 heteroatoms. The van der Waals surface area contributed by atoms with Crippen LogP contribution < -0.4 is 9.47 Å². The highest BCUT2D eigenvalue weighted by molar-refractivity contribution is 6.28. The molecule has 0 saturated carbocycles. The van der Waals surface area contributed by atoms with Gasteiger partial charge in [-0.25, -0.2) is 0 Å². The zero-order valence-corrected chi connectivity index (χ0v) is 24.1. The molecule has 0 fully saturated rings. The van der Waals surface area contributed by atoms with Crippen LogP contribution in [0.25, 0.3) is 75.8 Å². The second-order valence-corrected chi connectivity index (χ2v) is 11.1. The van der Waals surface area contributed by atoms with Crippen LogP contribution >= 0.6 is 0 Å². The Balaban J connectivity index is 1.63. The van der Waals surface area contributed by atoms with Crippen LogP contribution in [-0.4, -0.2) is 36.6 Å². The van der Waals surface area contributed by atoms with Gasteiger partial charge in [0, 0.05) is 21.5 Å². The van der Waals surface area contributed by atoms with Crippen molar-refractivity contribution in [3.8, 4) is 22.6 Å². The van der Waals surface area contributed by atoms with E-state index in [1.807, 2.05) is 12.1 Å². The van der Waals surface area contributed by atoms with Gasteiger partial charge >= 0.3 is 0 Å². The molecule has 0 aliphatic heterocycles. The van der Waals surface area contributed by atoms with E-state index in [1.54, 1.807) is 0 Å². The summed E-state index contributed by atoms with van der Waals surface area (Å²) < 4.78 is 12.6. The molecular weight excluding hydrogens is 544 g/mol. The molecule has 0 bridgehead atoms. The van der Waals surface area contributed by atoms with Gasteiger partial charge in [-0.2, -0.15) is 0 Å². The molecule has 2 N–H and O–H groups in total. The van der Waals surface area contributed by atoms with Gasteiger partial charge in [0.05, 0.1) is 13.2 Å². The molecule has 214 valence electrons. The number of hydrogen-bond acceptors (Lipinski definition) is 4. The van der Waals surface area contributed by atoms with E-state index in [-0.39, 0.29) is 26.4 Å². The van der Waals surface area contributed by atoms with Gasteiger partial charge in [-0.15, -0.1) is 0 Å². The molecule has 0 aliphatic rings. The fourth-order valence-electron chi connectivity index (χ4n) is 6.79. The van der Waals surface area contributed by atoms with Crippen LogP contribution in [0.15, 0.2) is 121 Å². The van der Waals surface area contributed by atoms with E-state index in [1.165, 1.54) is 0 Å². The summed E-state index contributed by atoms with van der Waals surface area (Å²) in [4.78, 5) is 0. The largest absolute Gasteiger partial charge is 0.490 e. The smallest absolute Gasteiger partial charge is 0.135 e. The molecule has 0 spiro atoms. The van der Waals surface area contributed by atoms with Gasteiger partial charge in [-0.1, -0.05) is 97.1 Å². The maximum atomic E-state index is 9.73. The summed E-state index contributed by atoms with van der Waals surface area (Å²) in [6, 6.07) is 42.6. The molecular formula is C40H30O4. The molecule has 0 heterocycles. The fourth-order valence-corrected chi connectivity index (χ4v) is 6.79. The van der Waals surface area contributed by atoms with Gasteiger partial charge in [-0.3, -0.25) is 0 Å². The van der Waals surface area contributed by atoms with Crippen LogP contribution in [0.3, 0.4) is 0 Å². The Morgan fingerprint density at radius 3 is 1.05 bits per heavy atom. The van der Waals surface area contributed by atoms with Crippen LogP contribution in [-0.2, 0) is 0 Å². The minimum atomic E-state index is -0.0667. The summed E-state index contributed by atoms with van der Waals surface area (Å²) in [7, 11) is 0. The monoisotopic (exact) mass is 574 g/mol. The molecule has 0 amide bonds. The lowest BCUT2D eigenvalue weighted by Crippen LogP contribution is -2.04. The van der Waals surface area contributed by atoms with Gasteiger partial charge < -0.3 is 19.7 Å². The summed E-state index contributed by atoms with van der Waals surface area (Å²) >= 11 is 0. The number of hydrogen-bond donors (Lipinski definition) is 2. The zero-order valence-electron chi connectivity index (χ0n) is 24.1. The standard InChI is InChI=1S/C40H30O4/c41-17-19-43-39-31-15-7-5-13-29(31)37(33-21-25-9-1-3-11-27(25)23-35(33)39)38-30-14-6-8-16-32(30)40(44-20-18-42)36-24-28-12-4-2-10-26(28)22-34(36)38/h1-16,21-24,41-42H,17-20H2. The van der Waals surface area contributed by atoms with Crippen LogP contribution in [0, 0.1) is 0 Å². The highest BCUT2D eigenvalue weighted by Crippen LogP contribution is 2.51. The Labute approximate surface area is 254 Å². The van der Waals surface area contributed by atoms with E-state index in [0.29, 0.717) is 0 Å². The van der Waals surface area contributed by atoms with Crippen LogP contribution in [0.2, 0.25) is 0 Å². The molecule has 0 unspecified atom stereocenters. The molecule has 8 aromatic carbocycles. The molecule has 0 aliphatic carbocycles. The summed E-state index contributed by atoms with van der Waals surface area (Å²) in [6.07, 6.45) is 0. The van der Waals surface area contributed by atoms with Crippen molar-refractivity contribution in [2.24, 2.45) is 0 Å². The topological polar surface area (TPSA) is 58.9 Å². The third-order valence-corrected chi connectivity index (χ3v) is 8.61. The summed E-state index contributed by atoms with van der Waals surface area (Å²) in [5.41, 5.74) is 2.26. The van der Waals surface area contributed by atoms with Crippen LogP contribution in [0.1, 0.15) is 0 Å². The maximum Gasteiger partial charge on any atom is 0.135 e. The fraction of sp³-hybridized carbons (Fsp3) is 0.100. The van der Waals surface area contributed by atoms with Crippen molar-refractivity contribution < 1.29 is 19.7 Å². The first-order chi connectivity index (χ1) is 21.8. The van der Waals surface area contributed by atoms with Crippen molar-refractivity contribution in [2.45, 2.75) is 0 Å². The van der Waals surface area contributed by atoms with Gasteiger partial charge in [0.25, 0.3) is 0 Å². The van der Waals surface area contributed by atoms with Crippen molar-refractivity contribution in [1.29, 1.82) is 0 Å². The Morgan fingerprint density at radius 2 is 0.682 bits per heavy atom. The highest BCUT2D eigenvalue weighted by Gasteiger charge is 2.23. The number of fused-ring (bicyclic) bond motifs is 6. The minimum Gasteiger partial charge on any atom is -0.490 e. The molecule has 0 saturated heterocycles. The lowest BCUT2D eigenvalue weighted by Gasteiger charge is -2.22. The number of rotatable bonds is 7. The number of aliphatic hydroxyl groups excluding tert-OH is 2. The lowest BCUT2D eigenvalue weighted by molar-refractivity contribution is 0.204. The van der Waals surface area contributed by atoms with E-state index in [4.69, 9.17) is 9.47 Å². The molecule has 0 aromatic heterocycles. The minimum absolute atomic E-state index is 0.0667. The van der Waals surface area contributed by atoms with Gasteiger partial charge in [0.1, 0.15) is 24.7 Å². The quantitative estimate of drug-likeness (QED) is 0.187. The average molecular weight is 575 g/mol. The first-order valence-corrected chi connectivity index (χ1v) is 15.0. The SMILES string of the molecule is OCCOc1c2ccccc2c(-c2c3ccccc3c(OCCO)c3cc4ccccc4cc23)c2cc3ccccc3cc12. The Hall–Kier alpha value is -5.16. The third kappa shape index (κ3) is 4.15. The highest BCUT2D eigenvalue weighted by atomic mass is 16.5. The Morgan fingerprint density at radius 1 is 0.364 bits per heavy atom. The van der Waals surface area contributed by atoms with Crippen molar-refractivity contribution in [2.75, 3.05) is 26.4 Å². The van der Waals surface area contributed by atoms with E-state index in [0.717, 1.165) is 87.3 Å². The normalized spacial score (nSPS) is 11.8. The van der Waals surface area contributed by atoms with Crippen molar-refractivity contribution in [3.63, 3.8) is 0 Å². The second-order valence-electron chi connectivity index (χ2n) is 11.1. The second kappa shape index (κ2) is 10.8. The number of benzene rings is 8. The number of ether oxygens (including phenoxy) is 2. The van der Waals surface area contributed by atoms with E-state index in [2.05, 4.69) is 109 Å². The van der Waals surface area contributed by atoms with E-state index < -0.39 is 0 Å². The summed E-state index contributed by atoms with van der Waals surface area (Å²) in [5, 5.41) is 32.3. The van der Waals surface area contributed by atoms with Gasteiger partial charge in [-0.05, 0) is 78.5 Å². The molecule has 44 heavy (non-hydrogen) atoms. The predicted octanol–water partition coefficient (Wildman–Crippen LogP) is 9.01. The third-order valence-electron chi connectivity index (χ3n) is 8.61. The molecule has 4 nitrogen and oxygen atoms in total. The number of aliphatic hydroxyl groups is 2. The van der Waals surface area contributed by atoms with Gasteiger partial charge in [0.15, 0.2) is 0 Å². The summed E-state index contributed by atoms with van der Waals surface area (Å²) in [5.74, 6) is 1.56. The van der Waals surface area contributed by atoms with Gasteiger partial charge in [0.2, 0.25) is 0 Å².